The number of nitrogens with zero attached hydrogens (tertiary/aromatic N) is 2. The van der Waals surface area contributed by atoms with Crippen LogP contribution in [0.15, 0.2) is 16.7 Å². The van der Waals surface area contributed by atoms with Crippen LogP contribution < -0.4 is 0 Å². The third-order valence-corrected chi connectivity index (χ3v) is 3.02. The topological polar surface area (TPSA) is 36.7 Å². The molecule has 1 heterocycles. The highest BCUT2D eigenvalue weighted by molar-refractivity contribution is 9.10. The van der Waals surface area contributed by atoms with Crippen LogP contribution in [0.4, 0.5) is 0 Å². The summed E-state index contributed by atoms with van der Waals surface area (Å²) in [5.41, 5.74) is 0.500. The maximum Gasteiger partial charge on any atom is 0.133 e. The van der Waals surface area contributed by atoms with E-state index in [1.165, 1.54) is 0 Å². The van der Waals surface area contributed by atoms with Crippen molar-refractivity contribution in [3.05, 3.63) is 27.5 Å². The van der Waals surface area contributed by atoms with Gasteiger partial charge in [-0.15, -0.1) is 0 Å². The zero-order valence-electron chi connectivity index (χ0n) is 6.72. The first-order chi connectivity index (χ1) is 6.18. The summed E-state index contributed by atoms with van der Waals surface area (Å²) in [5, 5.41) is 9.42. The maximum absolute atomic E-state index is 8.97. The quantitative estimate of drug-likeness (QED) is 0.725. The van der Waals surface area contributed by atoms with Crippen LogP contribution >= 0.6 is 27.5 Å². The van der Waals surface area contributed by atoms with E-state index in [2.05, 4.69) is 27.0 Å². The molecule has 1 aromatic rings. The minimum absolute atomic E-state index is 0.353. The van der Waals surface area contributed by atoms with E-state index in [-0.39, 0.29) is 5.41 Å². The van der Waals surface area contributed by atoms with E-state index in [0.29, 0.717) is 5.15 Å². The Kier molecular flexibility index (Phi) is 2.05. The maximum atomic E-state index is 8.97. The number of aromatic nitrogens is 1. The van der Waals surface area contributed by atoms with Gasteiger partial charge in [0.25, 0.3) is 0 Å². The van der Waals surface area contributed by atoms with Crippen molar-refractivity contribution < 1.29 is 0 Å². The molecule has 0 aliphatic heterocycles. The van der Waals surface area contributed by atoms with E-state index in [9.17, 15) is 0 Å². The molecule has 1 aliphatic carbocycles. The smallest absolute Gasteiger partial charge is 0.133 e. The predicted molar refractivity (Wildman–Crippen MR) is 53.5 cm³/mol. The normalized spacial score (nSPS) is 17.9. The number of hydrogen-bond acceptors (Lipinski definition) is 2. The van der Waals surface area contributed by atoms with E-state index in [4.69, 9.17) is 16.9 Å². The molecule has 0 spiro atoms. The molecule has 0 radical (unpaired) electrons. The van der Waals surface area contributed by atoms with Crippen molar-refractivity contribution in [2.45, 2.75) is 18.3 Å². The number of nitriles is 1. The van der Waals surface area contributed by atoms with E-state index in [1.807, 2.05) is 6.07 Å². The minimum Gasteiger partial charge on any atom is -0.243 e. The van der Waals surface area contributed by atoms with Gasteiger partial charge in [-0.3, -0.25) is 0 Å². The molecule has 0 N–H and O–H groups in total. The van der Waals surface area contributed by atoms with Gasteiger partial charge in [0.2, 0.25) is 0 Å². The molecule has 1 fully saturated rings. The average Bonchev–Trinajstić information content (AvgIpc) is 2.90. The Morgan fingerprint density at radius 1 is 1.62 bits per heavy atom. The molecular formula is C9H6BrClN2. The van der Waals surface area contributed by atoms with Crippen LogP contribution in [0.25, 0.3) is 0 Å². The molecule has 13 heavy (non-hydrogen) atoms. The molecule has 0 unspecified atom stereocenters. The average molecular weight is 258 g/mol. The third-order valence-electron chi connectivity index (χ3n) is 2.29. The number of halogens is 2. The molecule has 2 rings (SSSR count). The SMILES string of the molecule is N#CC1(c2cc(Br)cnc2Cl)CC1. The van der Waals surface area contributed by atoms with Crippen LogP contribution in [-0.4, -0.2) is 4.98 Å². The van der Waals surface area contributed by atoms with Gasteiger partial charge in [-0.05, 0) is 34.8 Å². The Morgan fingerprint density at radius 3 is 2.85 bits per heavy atom. The number of rotatable bonds is 1. The highest BCUT2D eigenvalue weighted by Crippen LogP contribution is 2.49. The second kappa shape index (κ2) is 2.97. The van der Waals surface area contributed by atoms with Crippen LogP contribution in [0.5, 0.6) is 0 Å². The Balaban J connectivity index is 2.52. The van der Waals surface area contributed by atoms with Crippen LogP contribution in [0.2, 0.25) is 5.15 Å². The number of pyridine rings is 1. The van der Waals surface area contributed by atoms with Gasteiger partial charge in [0.15, 0.2) is 0 Å². The zero-order valence-corrected chi connectivity index (χ0v) is 9.06. The van der Waals surface area contributed by atoms with Crippen molar-refractivity contribution >= 4 is 27.5 Å². The Bertz CT molecular complexity index is 393. The summed E-state index contributed by atoms with van der Waals surface area (Å²) in [6.45, 7) is 0. The summed E-state index contributed by atoms with van der Waals surface area (Å²) in [5.74, 6) is 0. The Labute approximate surface area is 89.7 Å². The lowest BCUT2D eigenvalue weighted by Crippen LogP contribution is -2.04. The molecule has 0 saturated heterocycles. The van der Waals surface area contributed by atoms with E-state index in [1.54, 1.807) is 6.20 Å². The second-order valence-electron chi connectivity index (χ2n) is 3.19. The molecule has 0 amide bonds. The molecule has 4 heteroatoms. The molecule has 0 bridgehead atoms. The van der Waals surface area contributed by atoms with Gasteiger partial charge in [-0.1, -0.05) is 11.6 Å². The summed E-state index contributed by atoms with van der Waals surface area (Å²) < 4.78 is 0.869. The summed E-state index contributed by atoms with van der Waals surface area (Å²) in [6.07, 6.45) is 3.42. The first-order valence-corrected chi connectivity index (χ1v) is 5.08. The predicted octanol–water partition coefficient (Wildman–Crippen LogP) is 3.05. The summed E-state index contributed by atoms with van der Waals surface area (Å²) in [7, 11) is 0. The van der Waals surface area contributed by atoms with Crippen molar-refractivity contribution in [2.75, 3.05) is 0 Å². The highest BCUT2D eigenvalue weighted by Gasteiger charge is 2.46. The van der Waals surface area contributed by atoms with Gasteiger partial charge in [0, 0.05) is 16.2 Å². The second-order valence-corrected chi connectivity index (χ2v) is 4.46. The zero-order chi connectivity index (χ0) is 9.47. The first kappa shape index (κ1) is 8.98. The molecular weight excluding hydrogens is 251 g/mol. The van der Waals surface area contributed by atoms with Crippen molar-refractivity contribution in [3.8, 4) is 6.07 Å². The van der Waals surface area contributed by atoms with Crippen LogP contribution in [-0.2, 0) is 5.41 Å². The van der Waals surface area contributed by atoms with Gasteiger partial charge in [0.1, 0.15) is 5.15 Å². The molecule has 1 saturated carbocycles. The largest absolute Gasteiger partial charge is 0.243 e. The fourth-order valence-corrected chi connectivity index (χ4v) is 1.94. The first-order valence-electron chi connectivity index (χ1n) is 3.91. The lowest BCUT2D eigenvalue weighted by molar-refractivity contribution is 0.895. The van der Waals surface area contributed by atoms with Gasteiger partial charge >= 0.3 is 0 Å². The van der Waals surface area contributed by atoms with Crippen molar-refractivity contribution in [3.63, 3.8) is 0 Å². The standard InChI is InChI=1S/C9H6BrClN2/c10-6-3-7(8(11)13-4-6)9(5-12)1-2-9/h3-4H,1-2H2. The van der Waals surface area contributed by atoms with Crippen LogP contribution in [0.1, 0.15) is 18.4 Å². The lowest BCUT2D eigenvalue weighted by Gasteiger charge is -2.07. The Morgan fingerprint density at radius 2 is 2.31 bits per heavy atom. The third kappa shape index (κ3) is 1.45. The fraction of sp³-hybridized carbons (Fsp3) is 0.333. The molecule has 2 nitrogen and oxygen atoms in total. The van der Waals surface area contributed by atoms with Gasteiger partial charge in [0.05, 0.1) is 11.5 Å². The van der Waals surface area contributed by atoms with Gasteiger partial charge in [-0.2, -0.15) is 5.26 Å². The van der Waals surface area contributed by atoms with Crippen LogP contribution in [0, 0.1) is 11.3 Å². The van der Waals surface area contributed by atoms with Crippen molar-refractivity contribution in [1.82, 2.24) is 4.98 Å². The van der Waals surface area contributed by atoms with E-state index in [0.717, 1.165) is 22.9 Å². The molecule has 1 aliphatic rings. The van der Waals surface area contributed by atoms with Crippen molar-refractivity contribution in [2.24, 2.45) is 0 Å². The number of hydrogen-bond donors (Lipinski definition) is 0. The summed E-state index contributed by atoms with van der Waals surface area (Å²) >= 11 is 9.23. The van der Waals surface area contributed by atoms with E-state index >= 15 is 0 Å². The van der Waals surface area contributed by atoms with E-state index < -0.39 is 0 Å². The highest BCUT2D eigenvalue weighted by atomic mass is 79.9. The monoisotopic (exact) mass is 256 g/mol. The lowest BCUT2D eigenvalue weighted by atomic mass is 10.0. The van der Waals surface area contributed by atoms with Gasteiger partial charge < -0.3 is 0 Å². The van der Waals surface area contributed by atoms with Crippen LogP contribution in [0.3, 0.4) is 0 Å². The molecule has 0 aromatic carbocycles. The molecule has 1 aromatic heterocycles. The minimum atomic E-state index is -0.353. The molecule has 66 valence electrons. The fourth-order valence-electron chi connectivity index (χ4n) is 1.32. The summed E-state index contributed by atoms with van der Waals surface area (Å²) in [6, 6.07) is 4.17. The summed E-state index contributed by atoms with van der Waals surface area (Å²) in [4.78, 5) is 4.00. The van der Waals surface area contributed by atoms with Crippen molar-refractivity contribution in [1.29, 1.82) is 5.26 Å². The Hall–Kier alpha value is -0.590. The van der Waals surface area contributed by atoms with Gasteiger partial charge in [-0.25, -0.2) is 4.98 Å². The molecule has 0 atom stereocenters.